The second kappa shape index (κ2) is 6.64. The number of hydrogen-bond acceptors (Lipinski definition) is 6. The molecule has 1 aliphatic rings. The first-order valence-corrected chi connectivity index (χ1v) is 7.67. The first-order chi connectivity index (χ1) is 10.8. The zero-order valence-corrected chi connectivity index (χ0v) is 12.6. The van der Waals surface area contributed by atoms with Crippen LogP contribution in [0, 0.1) is 0 Å². The highest BCUT2D eigenvalue weighted by atomic mass is 16.5. The minimum Gasteiger partial charge on any atom is -0.351 e. The third-order valence-electron chi connectivity index (χ3n) is 3.58. The average molecular weight is 301 g/mol. The lowest BCUT2D eigenvalue weighted by Crippen LogP contribution is -2.27. The van der Waals surface area contributed by atoms with Gasteiger partial charge in [-0.3, -0.25) is 4.79 Å². The average Bonchev–Trinajstić information content (AvgIpc) is 3.28. The van der Waals surface area contributed by atoms with Gasteiger partial charge in [0, 0.05) is 25.1 Å². The lowest BCUT2D eigenvalue weighted by molar-refractivity contribution is 0.0951. The summed E-state index contributed by atoms with van der Waals surface area (Å²) >= 11 is 0. The van der Waals surface area contributed by atoms with Crippen molar-refractivity contribution in [1.82, 2.24) is 25.4 Å². The van der Waals surface area contributed by atoms with E-state index in [1.807, 2.05) is 0 Å². The van der Waals surface area contributed by atoms with Crippen molar-refractivity contribution in [3.05, 3.63) is 35.5 Å². The van der Waals surface area contributed by atoms with Crippen molar-refractivity contribution in [3.63, 3.8) is 0 Å². The van der Waals surface area contributed by atoms with Gasteiger partial charge < -0.3 is 9.84 Å². The molecular weight excluding hydrogens is 282 g/mol. The molecule has 22 heavy (non-hydrogen) atoms. The Labute approximate surface area is 128 Å². The predicted molar refractivity (Wildman–Crippen MR) is 78.3 cm³/mol. The van der Waals surface area contributed by atoms with Crippen LogP contribution in [-0.4, -0.2) is 32.6 Å². The summed E-state index contributed by atoms with van der Waals surface area (Å²) in [6.07, 6.45) is 7.55. The van der Waals surface area contributed by atoms with Gasteiger partial charge in [-0.1, -0.05) is 18.5 Å². The van der Waals surface area contributed by atoms with E-state index in [2.05, 4.69) is 32.3 Å². The van der Waals surface area contributed by atoms with E-state index in [0.717, 1.165) is 37.2 Å². The fraction of sp³-hybridized carbons (Fsp3) is 0.533. The maximum atomic E-state index is 12.2. The standard InChI is InChI=1S/C15H19N5O2/c1-2-3-12-11(8-16-9-18-12)15(21)17-7-6-13-19-14(20-22-13)10-4-5-10/h8-10H,2-7H2,1H3,(H,17,21). The lowest BCUT2D eigenvalue weighted by Gasteiger charge is -2.07. The normalized spacial score (nSPS) is 14.0. The molecule has 0 aliphatic heterocycles. The number of carbonyl (C=O) groups is 1. The van der Waals surface area contributed by atoms with E-state index in [1.54, 1.807) is 6.20 Å². The number of hydrogen-bond donors (Lipinski definition) is 1. The van der Waals surface area contributed by atoms with Crippen molar-refractivity contribution in [2.24, 2.45) is 0 Å². The fourth-order valence-electron chi connectivity index (χ4n) is 2.24. The van der Waals surface area contributed by atoms with Gasteiger partial charge in [0.25, 0.3) is 5.91 Å². The molecule has 0 bridgehead atoms. The highest BCUT2D eigenvalue weighted by molar-refractivity contribution is 5.94. The quantitative estimate of drug-likeness (QED) is 0.836. The number of rotatable bonds is 7. The Kier molecular flexibility index (Phi) is 4.41. The molecule has 0 saturated heterocycles. The molecule has 0 radical (unpaired) electrons. The van der Waals surface area contributed by atoms with E-state index < -0.39 is 0 Å². The lowest BCUT2D eigenvalue weighted by atomic mass is 10.1. The van der Waals surface area contributed by atoms with Gasteiger partial charge in [0.1, 0.15) is 6.33 Å². The smallest absolute Gasteiger partial charge is 0.254 e. The molecule has 2 aromatic heterocycles. The second-order valence-electron chi connectivity index (χ2n) is 5.46. The van der Waals surface area contributed by atoms with Crippen molar-refractivity contribution in [2.45, 2.75) is 44.9 Å². The summed E-state index contributed by atoms with van der Waals surface area (Å²) in [5.41, 5.74) is 1.32. The molecule has 1 amide bonds. The number of aromatic nitrogens is 4. The third-order valence-corrected chi connectivity index (χ3v) is 3.58. The van der Waals surface area contributed by atoms with Crippen LogP contribution < -0.4 is 5.32 Å². The van der Waals surface area contributed by atoms with E-state index in [9.17, 15) is 4.79 Å². The summed E-state index contributed by atoms with van der Waals surface area (Å²) in [6, 6.07) is 0. The molecule has 0 aromatic carbocycles. The van der Waals surface area contributed by atoms with Crippen LogP contribution in [0.2, 0.25) is 0 Å². The number of aryl methyl sites for hydroxylation is 1. The monoisotopic (exact) mass is 301 g/mol. The Morgan fingerprint density at radius 2 is 2.27 bits per heavy atom. The molecule has 2 aromatic rings. The minimum absolute atomic E-state index is 0.161. The van der Waals surface area contributed by atoms with Crippen LogP contribution in [-0.2, 0) is 12.8 Å². The number of nitrogens with zero attached hydrogens (tertiary/aromatic N) is 4. The molecule has 1 saturated carbocycles. The number of nitrogens with one attached hydrogen (secondary N) is 1. The molecule has 7 heteroatoms. The van der Waals surface area contributed by atoms with Crippen LogP contribution in [0.5, 0.6) is 0 Å². The summed E-state index contributed by atoms with van der Waals surface area (Å²) in [5.74, 6) is 1.68. The summed E-state index contributed by atoms with van der Waals surface area (Å²) in [5, 5.41) is 6.81. The van der Waals surface area contributed by atoms with Gasteiger partial charge in [-0.25, -0.2) is 9.97 Å². The van der Waals surface area contributed by atoms with Gasteiger partial charge in [0.15, 0.2) is 5.82 Å². The maximum Gasteiger partial charge on any atom is 0.254 e. The maximum absolute atomic E-state index is 12.2. The van der Waals surface area contributed by atoms with E-state index >= 15 is 0 Å². The van der Waals surface area contributed by atoms with Gasteiger partial charge in [-0.05, 0) is 19.3 Å². The molecular formula is C15H19N5O2. The first-order valence-electron chi connectivity index (χ1n) is 7.67. The Hall–Kier alpha value is -2.31. The zero-order valence-electron chi connectivity index (χ0n) is 12.6. The van der Waals surface area contributed by atoms with Crippen molar-refractivity contribution in [2.75, 3.05) is 6.54 Å². The van der Waals surface area contributed by atoms with Crippen molar-refractivity contribution in [3.8, 4) is 0 Å². The van der Waals surface area contributed by atoms with Crippen molar-refractivity contribution >= 4 is 5.91 Å². The Balaban J connectivity index is 1.53. The fourth-order valence-corrected chi connectivity index (χ4v) is 2.24. The van der Waals surface area contributed by atoms with E-state index in [4.69, 9.17) is 4.52 Å². The van der Waals surface area contributed by atoms with Crippen LogP contribution in [0.25, 0.3) is 0 Å². The molecule has 116 valence electrons. The van der Waals surface area contributed by atoms with Crippen molar-refractivity contribution < 1.29 is 9.32 Å². The van der Waals surface area contributed by atoms with Gasteiger partial charge >= 0.3 is 0 Å². The first kappa shape index (κ1) is 14.6. The van der Waals surface area contributed by atoms with E-state index in [0.29, 0.717) is 30.3 Å². The van der Waals surface area contributed by atoms with Gasteiger partial charge in [-0.2, -0.15) is 4.98 Å². The van der Waals surface area contributed by atoms with Gasteiger partial charge in [0.2, 0.25) is 5.89 Å². The Morgan fingerprint density at radius 1 is 1.41 bits per heavy atom. The molecule has 0 atom stereocenters. The van der Waals surface area contributed by atoms with Gasteiger partial charge in [0.05, 0.1) is 11.3 Å². The van der Waals surface area contributed by atoms with Crippen LogP contribution in [0.1, 0.15) is 59.9 Å². The molecule has 2 heterocycles. The van der Waals surface area contributed by atoms with Crippen LogP contribution in [0.4, 0.5) is 0 Å². The molecule has 0 spiro atoms. The van der Waals surface area contributed by atoms with Gasteiger partial charge in [-0.15, -0.1) is 0 Å². The predicted octanol–water partition coefficient (Wildman–Crippen LogP) is 1.66. The molecule has 1 N–H and O–H groups in total. The van der Waals surface area contributed by atoms with Crippen LogP contribution in [0.15, 0.2) is 17.0 Å². The van der Waals surface area contributed by atoms with Crippen LogP contribution in [0.3, 0.4) is 0 Å². The minimum atomic E-state index is -0.161. The Morgan fingerprint density at radius 3 is 3.05 bits per heavy atom. The van der Waals surface area contributed by atoms with Crippen molar-refractivity contribution in [1.29, 1.82) is 0 Å². The van der Waals surface area contributed by atoms with E-state index in [-0.39, 0.29) is 5.91 Å². The second-order valence-corrected chi connectivity index (χ2v) is 5.46. The summed E-state index contributed by atoms with van der Waals surface area (Å²) < 4.78 is 5.18. The SMILES string of the molecule is CCCc1ncncc1C(=O)NCCc1nc(C2CC2)no1. The molecule has 1 aliphatic carbocycles. The number of carbonyl (C=O) groups excluding carboxylic acids is 1. The largest absolute Gasteiger partial charge is 0.351 e. The summed E-state index contributed by atoms with van der Waals surface area (Å²) in [4.78, 5) is 24.6. The molecule has 7 nitrogen and oxygen atoms in total. The molecule has 3 rings (SSSR count). The van der Waals surface area contributed by atoms with Crippen LogP contribution >= 0.6 is 0 Å². The van der Waals surface area contributed by atoms with E-state index in [1.165, 1.54) is 6.33 Å². The topological polar surface area (TPSA) is 93.8 Å². The molecule has 0 unspecified atom stereocenters. The number of amides is 1. The Bertz CT molecular complexity index is 651. The molecule has 1 fully saturated rings. The highest BCUT2D eigenvalue weighted by Crippen LogP contribution is 2.38. The third kappa shape index (κ3) is 3.47. The highest BCUT2D eigenvalue weighted by Gasteiger charge is 2.28. The zero-order chi connectivity index (χ0) is 15.4. The summed E-state index contributed by atoms with van der Waals surface area (Å²) in [6.45, 7) is 2.50. The summed E-state index contributed by atoms with van der Waals surface area (Å²) in [7, 11) is 0.